The summed E-state index contributed by atoms with van der Waals surface area (Å²) >= 11 is 0. The van der Waals surface area contributed by atoms with Gasteiger partial charge >= 0.3 is 0 Å². The number of anilines is 2. The van der Waals surface area contributed by atoms with Crippen LogP contribution >= 0.6 is 0 Å². The first-order valence-electron chi connectivity index (χ1n) is 8.05. The Morgan fingerprint density at radius 2 is 1.50 bits per heavy atom. The van der Waals surface area contributed by atoms with Crippen molar-refractivity contribution in [3.63, 3.8) is 0 Å². The van der Waals surface area contributed by atoms with Crippen LogP contribution in [0, 0.1) is 6.92 Å². The molecule has 118 valence electrons. The first-order chi connectivity index (χ1) is 11.7. The number of nitrogens with one attached hydrogen (secondary N) is 1. The zero-order valence-electron chi connectivity index (χ0n) is 13.4. The van der Waals surface area contributed by atoms with Crippen LogP contribution in [0.2, 0.25) is 0 Å². The highest BCUT2D eigenvalue weighted by molar-refractivity contribution is 6.12. The average Bonchev–Trinajstić information content (AvgIpc) is 2.63. The Morgan fingerprint density at radius 3 is 2.25 bits per heavy atom. The van der Waals surface area contributed by atoms with E-state index in [1.165, 1.54) is 5.56 Å². The minimum Gasteiger partial charge on any atom is -0.360 e. The van der Waals surface area contributed by atoms with E-state index in [1.807, 2.05) is 90.7 Å². The summed E-state index contributed by atoms with van der Waals surface area (Å²) in [5.41, 5.74) is 4.69. The van der Waals surface area contributed by atoms with Gasteiger partial charge in [0, 0.05) is 11.4 Å². The molecule has 1 aliphatic rings. The maximum absolute atomic E-state index is 13.2. The quantitative estimate of drug-likeness (QED) is 0.739. The lowest BCUT2D eigenvalue weighted by molar-refractivity contribution is 0.0975. The topological polar surface area (TPSA) is 32.3 Å². The number of rotatable bonds is 2. The number of benzene rings is 3. The average molecular weight is 314 g/mol. The van der Waals surface area contributed by atoms with Gasteiger partial charge in [0.1, 0.15) is 6.17 Å². The first kappa shape index (κ1) is 14.5. The Hall–Kier alpha value is -3.07. The normalized spacial score (nSPS) is 16.5. The van der Waals surface area contributed by atoms with E-state index in [2.05, 4.69) is 5.32 Å². The molecule has 1 heterocycles. The number of hydrogen-bond acceptors (Lipinski definition) is 2. The molecule has 1 unspecified atom stereocenters. The lowest BCUT2D eigenvalue weighted by Gasteiger charge is -2.38. The van der Waals surface area contributed by atoms with E-state index >= 15 is 0 Å². The Morgan fingerprint density at radius 1 is 0.833 bits per heavy atom. The summed E-state index contributed by atoms with van der Waals surface area (Å²) in [6, 6.07) is 25.8. The number of para-hydroxylation sites is 1. The Labute approximate surface area is 141 Å². The fourth-order valence-corrected chi connectivity index (χ4v) is 3.09. The number of aryl methyl sites for hydroxylation is 1. The molecule has 0 spiro atoms. The smallest absolute Gasteiger partial charge is 0.262 e. The van der Waals surface area contributed by atoms with Crippen LogP contribution < -0.4 is 10.2 Å². The summed E-state index contributed by atoms with van der Waals surface area (Å²) in [4.78, 5) is 15.0. The Kier molecular flexibility index (Phi) is 3.54. The van der Waals surface area contributed by atoms with Gasteiger partial charge in [-0.05, 0) is 36.8 Å². The fourth-order valence-electron chi connectivity index (χ4n) is 3.09. The van der Waals surface area contributed by atoms with Crippen LogP contribution in [0.15, 0.2) is 78.9 Å². The zero-order chi connectivity index (χ0) is 16.5. The zero-order valence-corrected chi connectivity index (χ0v) is 13.4. The molecule has 0 radical (unpaired) electrons. The van der Waals surface area contributed by atoms with Crippen molar-refractivity contribution in [3.05, 3.63) is 95.6 Å². The van der Waals surface area contributed by atoms with Gasteiger partial charge in [-0.1, -0.05) is 60.2 Å². The second-order valence-electron chi connectivity index (χ2n) is 6.01. The highest BCUT2D eigenvalue weighted by atomic mass is 16.2. The van der Waals surface area contributed by atoms with Crippen LogP contribution in [-0.2, 0) is 0 Å². The molecule has 1 N–H and O–H groups in total. The molecule has 3 nitrogen and oxygen atoms in total. The predicted molar refractivity (Wildman–Crippen MR) is 97.2 cm³/mol. The van der Waals surface area contributed by atoms with Crippen LogP contribution in [0.4, 0.5) is 11.4 Å². The molecule has 0 aliphatic carbocycles. The third-order valence-electron chi connectivity index (χ3n) is 4.35. The van der Waals surface area contributed by atoms with Crippen molar-refractivity contribution in [1.29, 1.82) is 0 Å². The highest BCUT2D eigenvalue weighted by Gasteiger charge is 2.33. The number of carbonyl (C=O) groups excluding carboxylic acids is 1. The molecule has 3 aromatic rings. The van der Waals surface area contributed by atoms with Crippen molar-refractivity contribution in [2.45, 2.75) is 13.1 Å². The number of fused-ring (bicyclic) bond motifs is 1. The van der Waals surface area contributed by atoms with Crippen LogP contribution in [0.1, 0.15) is 27.7 Å². The number of nitrogens with zero attached hydrogens (tertiary/aromatic N) is 1. The van der Waals surface area contributed by atoms with Crippen LogP contribution in [0.25, 0.3) is 0 Å². The van der Waals surface area contributed by atoms with E-state index in [0.29, 0.717) is 5.56 Å². The maximum Gasteiger partial charge on any atom is 0.262 e. The van der Waals surface area contributed by atoms with E-state index in [0.717, 1.165) is 16.9 Å². The standard InChI is InChI=1S/C21H18N2O/c1-15-11-13-17(14-12-15)23-20(16-7-3-2-4-8-16)22-19-10-6-5-9-18(19)21(23)24/h2-14,20,22H,1H3. The molecule has 0 aromatic heterocycles. The molecule has 3 aromatic carbocycles. The van der Waals surface area contributed by atoms with Gasteiger partial charge in [-0.15, -0.1) is 0 Å². The van der Waals surface area contributed by atoms with Gasteiger partial charge in [-0.3, -0.25) is 9.69 Å². The molecule has 1 amide bonds. The molecular weight excluding hydrogens is 296 g/mol. The maximum atomic E-state index is 13.2. The van der Waals surface area contributed by atoms with Gasteiger partial charge in [0.05, 0.1) is 5.56 Å². The summed E-state index contributed by atoms with van der Waals surface area (Å²) in [7, 11) is 0. The molecule has 0 saturated heterocycles. The van der Waals surface area contributed by atoms with Crippen LogP contribution in [-0.4, -0.2) is 5.91 Å². The molecular formula is C21H18N2O. The van der Waals surface area contributed by atoms with Crippen LogP contribution in [0.5, 0.6) is 0 Å². The van der Waals surface area contributed by atoms with Crippen molar-refractivity contribution < 1.29 is 4.79 Å². The SMILES string of the molecule is Cc1ccc(N2C(=O)c3ccccc3NC2c2ccccc2)cc1. The summed E-state index contributed by atoms with van der Waals surface area (Å²) in [6.45, 7) is 2.05. The number of hydrogen-bond donors (Lipinski definition) is 1. The van der Waals surface area contributed by atoms with Crippen LogP contribution in [0.3, 0.4) is 0 Å². The second kappa shape index (κ2) is 5.85. The van der Waals surface area contributed by atoms with E-state index in [1.54, 1.807) is 0 Å². The molecule has 3 heteroatoms. The predicted octanol–water partition coefficient (Wildman–Crippen LogP) is 4.77. The summed E-state index contributed by atoms with van der Waals surface area (Å²) in [5, 5.41) is 3.51. The molecule has 0 bridgehead atoms. The van der Waals surface area contributed by atoms with E-state index in [4.69, 9.17) is 0 Å². The van der Waals surface area contributed by atoms with E-state index in [9.17, 15) is 4.79 Å². The van der Waals surface area contributed by atoms with Gasteiger partial charge < -0.3 is 5.32 Å². The monoisotopic (exact) mass is 314 g/mol. The van der Waals surface area contributed by atoms with E-state index in [-0.39, 0.29) is 12.1 Å². The van der Waals surface area contributed by atoms with Gasteiger partial charge in [0.15, 0.2) is 0 Å². The van der Waals surface area contributed by atoms with Crippen molar-refractivity contribution in [1.82, 2.24) is 0 Å². The molecule has 1 aliphatic heterocycles. The van der Waals surface area contributed by atoms with Gasteiger partial charge in [-0.2, -0.15) is 0 Å². The first-order valence-corrected chi connectivity index (χ1v) is 8.05. The molecule has 0 fully saturated rings. The third kappa shape index (κ3) is 2.44. The van der Waals surface area contributed by atoms with Crippen molar-refractivity contribution in [2.75, 3.05) is 10.2 Å². The molecule has 0 saturated carbocycles. The lowest BCUT2D eigenvalue weighted by Crippen LogP contribution is -2.43. The minimum atomic E-state index is -0.226. The van der Waals surface area contributed by atoms with Crippen molar-refractivity contribution in [2.24, 2.45) is 0 Å². The largest absolute Gasteiger partial charge is 0.360 e. The fraction of sp³-hybridized carbons (Fsp3) is 0.0952. The van der Waals surface area contributed by atoms with Gasteiger partial charge in [0.25, 0.3) is 5.91 Å². The van der Waals surface area contributed by atoms with Crippen molar-refractivity contribution in [3.8, 4) is 0 Å². The minimum absolute atomic E-state index is 0.0158. The number of carbonyl (C=O) groups is 1. The molecule has 24 heavy (non-hydrogen) atoms. The van der Waals surface area contributed by atoms with E-state index < -0.39 is 0 Å². The molecule has 4 rings (SSSR count). The summed E-state index contributed by atoms with van der Waals surface area (Å²) in [6.07, 6.45) is -0.226. The third-order valence-corrected chi connectivity index (χ3v) is 4.35. The highest BCUT2D eigenvalue weighted by Crippen LogP contribution is 2.36. The summed E-state index contributed by atoms with van der Waals surface area (Å²) in [5.74, 6) is 0.0158. The van der Waals surface area contributed by atoms with Crippen molar-refractivity contribution >= 4 is 17.3 Å². The number of amides is 1. The summed E-state index contributed by atoms with van der Waals surface area (Å²) < 4.78 is 0. The van der Waals surface area contributed by atoms with Gasteiger partial charge in [0.2, 0.25) is 0 Å². The van der Waals surface area contributed by atoms with Gasteiger partial charge in [-0.25, -0.2) is 0 Å². The Balaban J connectivity index is 1.86. The Bertz CT molecular complexity index is 872. The second-order valence-corrected chi connectivity index (χ2v) is 6.01. The molecule has 1 atom stereocenters. The lowest BCUT2D eigenvalue weighted by atomic mass is 10.0.